The van der Waals surface area contributed by atoms with Crippen molar-refractivity contribution in [3.63, 3.8) is 0 Å². The number of nitrogens with one attached hydrogen (secondary N) is 1. The standard InChI is InChI=1S/C55H93NO8S/c1-34(42-16-18-45-51-47(23-27-55(42,45)6)53(4)25-21-41(59)32-38(53)33-48(51)60)12-14-39(57)11-9-7-8-10-36-30-37-31-40(58)20-24-52(37,3)46-22-26-54(5)43(15-17-44(54)50(36)46)35(2)13-19-49(61)56-28-29-65(62,63)64/h34-38,40-48,50-51,58-60H,7-33H2,1-6H3,(H,56,61)(H,62,63,64)/t34-,35-,36+,37?,38?,40-,41-,42-,43-,44?,45?,46+,47+,48+,50+,51+,52+,53+,54-,55-/m1/s1. The van der Waals surface area contributed by atoms with E-state index in [0.717, 1.165) is 70.6 Å². The van der Waals surface area contributed by atoms with Gasteiger partial charge in [-0.1, -0.05) is 60.8 Å². The fraction of sp³-hybridized carbons (Fsp3) is 0.964. The molecular weight excluding hydrogens is 835 g/mol. The Bertz CT molecular complexity index is 1790. The van der Waals surface area contributed by atoms with Crippen LogP contribution in [-0.4, -0.2) is 70.6 Å². The van der Waals surface area contributed by atoms with Gasteiger partial charge >= 0.3 is 0 Å². The minimum atomic E-state index is -4.10. The number of aliphatic hydroxyl groups is 3. The number of fused-ring (bicyclic) bond motifs is 10. The van der Waals surface area contributed by atoms with Gasteiger partial charge in [-0.15, -0.1) is 0 Å². The van der Waals surface area contributed by atoms with E-state index in [1.807, 2.05) is 0 Å². The van der Waals surface area contributed by atoms with Crippen LogP contribution in [0.2, 0.25) is 0 Å². The highest BCUT2D eigenvalue weighted by Gasteiger charge is 2.64. The van der Waals surface area contributed by atoms with Gasteiger partial charge in [0.15, 0.2) is 0 Å². The molecule has 5 N–H and O–H groups in total. The van der Waals surface area contributed by atoms with Gasteiger partial charge in [0.25, 0.3) is 10.1 Å². The molecule has 0 spiro atoms. The van der Waals surface area contributed by atoms with Crippen molar-refractivity contribution in [3.05, 3.63) is 0 Å². The molecule has 8 aliphatic rings. The lowest BCUT2D eigenvalue weighted by Gasteiger charge is -2.63. The van der Waals surface area contributed by atoms with Crippen molar-refractivity contribution >= 4 is 21.8 Å². The van der Waals surface area contributed by atoms with E-state index in [4.69, 9.17) is 4.55 Å². The number of carbonyl (C=O) groups is 2. The Morgan fingerprint density at radius 2 is 1.11 bits per heavy atom. The fourth-order valence-corrected chi connectivity index (χ4v) is 19.8. The second-order valence-corrected chi connectivity index (χ2v) is 27.5. The highest BCUT2D eigenvalue weighted by atomic mass is 32.2. The molecule has 0 aromatic carbocycles. The molecule has 8 aliphatic carbocycles. The van der Waals surface area contributed by atoms with E-state index in [1.54, 1.807) is 0 Å². The molecule has 8 saturated carbocycles. The van der Waals surface area contributed by atoms with E-state index in [1.165, 1.54) is 70.6 Å². The monoisotopic (exact) mass is 928 g/mol. The third-order valence-electron chi connectivity index (χ3n) is 22.9. The quantitative estimate of drug-likeness (QED) is 0.0712. The second kappa shape index (κ2) is 19.6. The van der Waals surface area contributed by atoms with E-state index in [2.05, 4.69) is 46.9 Å². The van der Waals surface area contributed by atoms with Gasteiger partial charge in [0.1, 0.15) is 5.78 Å². The minimum absolute atomic E-state index is 0.0600. The van der Waals surface area contributed by atoms with E-state index >= 15 is 0 Å². The van der Waals surface area contributed by atoms with Crippen LogP contribution in [0.25, 0.3) is 0 Å². The summed E-state index contributed by atoms with van der Waals surface area (Å²) in [4.78, 5) is 26.1. The average molecular weight is 928 g/mol. The first kappa shape index (κ1) is 50.3. The first-order valence-electron chi connectivity index (χ1n) is 27.5. The van der Waals surface area contributed by atoms with Crippen LogP contribution in [-0.2, 0) is 19.7 Å². The topological polar surface area (TPSA) is 161 Å². The van der Waals surface area contributed by atoms with Crippen LogP contribution < -0.4 is 5.32 Å². The van der Waals surface area contributed by atoms with Gasteiger partial charge in [-0.2, -0.15) is 8.42 Å². The molecule has 0 radical (unpaired) electrons. The second-order valence-electron chi connectivity index (χ2n) is 25.9. The van der Waals surface area contributed by atoms with Crippen LogP contribution in [0.15, 0.2) is 0 Å². The number of carbonyl (C=O) groups excluding carboxylic acids is 2. The summed E-state index contributed by atoms with van der Waals surface area (Å²) in [5, 5.41) is 35.8. The predicted molar refractivity (Wildman–Crippen MR) is 257 cm³/mol. The summed E-state index contributed by atoms with van der Waals surface area (Å²) >= 11 is 0. The third-order valence-corrected chi connectivity index (χ3v) is 23.6. The molecule has 65 heavy (non-hydrogen) atoms. The summed E-state index contributed by atoms with van der Waals surface area (Å²) in [6, 6.07) is 0. The van der Waals surface area contributed by atoms with Crippen molar-refractivity contribution < 1.29 is 37.9 Å². The Morgan fingerprint density at radius 3 is 1.69 bits per heavy atom. The van der Waals surface area contributed by atoms with Crippen LogP contribution >= 0.6 is 0 Å². The van der Waals surface area contributed by atoms with Crippen LogP contribution in [0.3, 0.4) is 0 Å². The number of Topliss-reactive ketones (excluding diaryl/α,β-unsaturated/α-hetero) is 1. The number of rotatable bonds is 17. The number of hydrogen-bond acceptors (Lipinski definition) is 7. The molecule has 372 valence electrons. The van der Waals surface area contributed by atoms with Crippen LogP contribution in [0, 0.1) is 98.6 Å². The Labute approximate surface area is 394 Å². The number of unbranched alkanes of at least 4 members (excludes halogenated alkanes) is 2. The van der Waals surface area contributed by atoms with Gasteiger partial charge in [0.2, 0.25) is 5.91 Å². The molecule has 0 heterocycles. The van der Waals surface area contributed by atoms with E-state index < -0.39 is 15.9 Å². The maximum Gasteiger partial charge on any atom is 0.266 e. The Morgan fingerprint density at radius 1 is 0.600 bits per heavy atom. The van der Waals surface area contributed by atoms with Crippen molar-refractivity contribution in [3.8, 4) is 0 Å². The molecule has 9 nitrogen and oxygen atoms in total. The lowest BCUT2D eigenvalue weighted by atomic mass is 9.42. The molecule has 0 aromatic heterocycles. The van der Waals surface area contributed by atoms with Crippen LogP contribution in [0.4, 0.5) is 0 Å². The smallest absolute Gasteiger partial charge is 0.266 e. The van der Waals surface area contributed by atoms with Gasteiger partial charge in [-0.3, -0.25) is 14.1 Å². The molecular formula is C55H93NO8S. The zero-order chi connectivity index (χ0) is 46.7. The molecule has 0 aliphatic heterocycles. The van der Waals surface area contributed by atoms with Crippen molar-refractivity contribution in [2.45, 2.75) is 220 Å². The minimum Gasteiger partial charge on any atom is -0.393 e. The first-order valence-corrected chi connectivity index (χ1v) is 29.1. The highest BCUT2D eigenvalue weighted by molar-refractivity contribution is 7.85. The van der Waals surface area contributed by atoms with Gasteiger partial charge in [-0.05, 0) is 221 Å². The predicted octanol–water partition coefficient (Wildman–Crippen LogP) is 10.6. The van der Waals surface area contributed by atoms with Crippen molar-refractivity contribution in [2.24, 2.45) is 98.6 Å². The van der Waals surface area contributed by atoms with E-state index in [0.29, 0.717) is 107 Å². The fourth-order valence-electron chi connectivity index (χ4n) is 19.4. The molecule has 0 saturated heterocycles. The average Bonchev–Trinajstić information content (AvgIpc) is 3.79. The van der Waals surface area contributed by atoms with E-state index in [-0.39, 0.29) is 47.0 Å². The number of hydrogen-bond donors (Lipinski definition) is 5. The summed E-state index contributed by atoms with van der Waals surface area (Å²) in [6.45, 7) is 14.9. The summed E-state index contributed by atoms with van der Waals surface area (Å²) < 4.78 is 31.3. The summed E-state index contributed by atoms with van der Waals surface area (Å²) in [7, 11) is -4.10. The first-order chi connectivity index (χ1) is 30.7. The Hall–Kier alpha value is -1.07. The highest BCUT2D eigenvalue weighted by Crippen LogP contribution is 2.71. The zero-order valence-corrected chi connectivity index (χ0v) is 42.5. The SMILES string of the molecule is C[C@H](CCC(=O)NCCS(=O)(=O)O)[C@H]1CCC2[C@@H]3[C@@H](CCCCCC(=O)CC[C@@H](C)[C@H]4CCC5[C@@H]6[C@@H](O)CC7C[C@H](O)CC[C@]7(C)[C@H]6CC[C@@]54C)CC4C[C@H](O)CC[C@]4(C)[C@H]3CC[C@@]21C. The van der Waals surface area contributed by atoms with E-state index in [9.17, 15) is 33.3 Å². The molecule has 8 fully saturated rings. The number of ketones is 1. The molecule has 0 aromatic rings. The number of aliphatic hydroxyl groups excluding tert-OH is 3. The third kappa shape index (κ3) is 9.86. The lowest BCUT2D eigenvalue weighted by molar-refractivity contribution is -0.174. The molecule has 8 rings (SSSR count). The Kier molecular flexibility index (Phi) is 15.2. The maximum atomic E-state index is 13.5. The van der Waals surface area contributed by atoms with Crippen LogP contribution in [0.1, 0.15) is 202 Å². The largest absolute Gasteiger partial charge is 0.393 e. The summed E-state index contributed by atoms with van der Waals surface area (Å²) in [5.41, 5.74) is 1.04. The zero-order valence-electron chi connectivity index (χ0n) is 41.7. The molecule has 4 unspecified atom stereocenters. The molecule has 20 atom stereocenters. The maximum absolute atomic E-state index is 13.5. The van der Waals surface area contributed by atoms with Gasteiger partial charge in [0.05, 0.1) is 24.1 Å². The number of amides is 1. The lowest BCUT2D eigenvalue weighted by Crippen LogP contribution is -2.58. The molecule has 1 amide bonds. The Balaban J connectivity index is 0.819. The van der Waals surface area contributed by atoms with Crippen LogP contribution in [0.5, 0.6) is 0 Å². The van der Waals surface area contributed by atoms with Gasteiger partial charge in [-0.25, -0.2) is 0 Å². The van der Waals surface area contributed by atoms with Crippen molar-refractivity contribution in [1.29, 1.82) is 0 Å². The van der Waals surface area contributed by atoms with Crippen molar-refractivity contribution in [1.82, 2.24) is 5.32 Å². The normalized spacial score (nSPS) is 46.7. The van der Waals surface area contributed by atoms with Crippen molar-refractivity contribution in [2.75, 3.05) is 12.3 Å². The van der Waals surface area contributed by atoms with Gasteiger partial charge in [0, 0.05) is 25.8 Å². The summed E-state index contributed by atoms with van der Waals surface area (Å²) in [5.74, 6) is 7.25. The molecule has 0 bridgehead atoms. The summed E-state index contributed by atoms with van der Waals surface area (Å²) in [6.07, 6.45) is 25.3. The molecule has 10 heteroatoms. The van der Waals surface area contributed by atoms with Gasteiger partial charge < -0.3 is 20.6 Å².